The summed E-state index contributed by atoms with van der Waals surface area (Å²) in [6, 6.07) is 17.3. The molecular formula is C21H18FN3O2. The van der Waals surface area contributed by atoms with Gasteiger partial charge >= 0.3 is 6.09 Å². The number of hydrogen-bond acceptors (Lipinski definition) is 4. The average molecular weight is 363 g/mol. The molecule has 0 aliphatic carbocycles. The number of hydrogen-bond donors (Lipinski definition) is 0. The fourth-order valence-corrected chi connectivity index (χ4v) is 3.15. The molecule has 6 heteroatoms. The maximum atomic E-state index is 13.1. The van der Waals surface area contributed by atoms with Crippen molar-refractivity contribution in [3.8, 4) is 11.4 Å². The topological polar surface area (TPSA) is 55.3 Å². The van der Waals surface area contributed by atoms with Gasteiger partial charge in [0.15, 0.2) is 5.82 Å². The predicted molar refractivity (Wildman–Crippen MR) is 99.7 cm³/mol. The maximum absolute atomic E-state index is 13.1. The zero-order valence-corrected chi connectivity index (χ0v) is 14.8. The minimum atomic E-state index is -0.665. The summed E-state index contributed by atoms with van der Waals surface area (Å²) in [6.07, 6.45) is 1.77. The van der Waals surface area contributed by atoms with Crippen molar-refractivity contribution in [1.82, 2.24) is 9.97 Å². The van der Waals surface area contributed by atoms with Gasteiger partial charge in [0.2, 0.25) is 0 Å². The molecule has 27 heavy (non-hydrogen) atoms. The molecule has 0 spiro atoms. The summed E-state index contributed by atoms with van der Waals surface area (Å²) in [5.74, 6) is 0.566. The standard InChI is InChI=1S/C21H18FN3O2/c1-21(16-5-3-2-4-6-16)12-14-25(20(26)27-21)18-11-13-23-19(24-18)15-7-9-17(22)10-8-15/h2-11,13H,12,14H2,1H3. The van der Waals surface area contributed by atoms with E-state index in [1.165, 1.54) is 17.0 Å². The molecule has 4 rings (SSSR count). The fourth-order valence-electron chi connectivity index (χ4n) is 3.15. The lowest BCUT2D eigenvalue weighted by Crippen LogP contribution is -2.47. The van der Waals surface area contributed by atoms with Gasteiger partial charge in [-0.1, -0.05) is 30.3 Å². The summed E-state index contributed by atoms with van der Waals surface area (Å²) < 4.78 is 18.9. The summed E-state index contributed by atoms with van der Waals surface area (Å²) in [5, 5.41) is 0. The van der Waals surface area contributed by atoms with Crippen molar-refractivity contribution in [2.24, 2.45) is 0 Å². The lowest BCUT2D eigenvalue weighted by atomic mass is 9.91. The van der Waals surface area contributed by atoms with Crippen LogP contribution in [0.15, 0.2) is 66.9 Å². The molecule has 0 bridgehead atoms. The molecular weight excluding hydrogens is 345 g/mol. The first-order chi connectivity index (χ1) is 13.0. The van der Waals surface area contributed by atoms with Crippen molar-refractivity contribution in [1.29, 1.82) is 0 Å². The first kappa shape index (κ1) is 17.1. The average Bonchev–Trinajstić information content (AvgIpc) is 2.69. The van der Waals surface area contributed by atoms with Crippen LogP contribution in [0.1, 0.15) is 18.9 Å². The zero-order chi connectivity index (χ0) is 18.9. The van der Waals surface area contributed by atoms with Crippen LogP contribution in [0.25, 0.3) is 11.4 Å². The van der Waals surface area contributed by atoms with Crippen LogP contribution in [0.4, 0.5) is 15.0 Å². The summed E-state index contributed by atoms with van der Waals surface area (Å²) in [7, 11) is 0. The minimum absolute atomic E-state index is 0.324. The van der Waals surface area contributed by atoms with E-state index < -0.39 is 11.7 Å². The van der Waals surface area contributed by atoms with Gasteiger partial charge in [-0.2, -0.15) is 0 Å². The normalized spacial score (nSPS) is 19.6. The molecule has 3 aromatic rings. The molecule has 136 valence electrons. The second-order valence-electron chi connectivity index (χ2n) is 6.61. The van der Waals surface area contributed by atoms with E-state index in [0.29, 0.717) is 30.2 Å². The van der Waals surface area contributed by atoms with E-state index >= 15 is 0 Å². The van der Waals surface area contributed by atoms with Crippen LogP contribution in [-0.4, -0.2) is 22.6 Å². The number of ether oxygens (including phenoxy) is 1. The van der Waals surface area contributed by atoms with Gasteiger partial charge in [-0.3, -0.25) is 4.90 Å². The minimum Gasteiger partial charge on any atom is -0.438 e. The zero-order valence-electron chi connectivity index (χ0n) is 14.8. The van der Waals surface area contributed by atoms with Gasteiger partial charge in [-0.25, -0.2) is 19.2 Å². The third kappa shape index (κ3) is 3.38. The van der Waals surface area contributed by atoms with E-state index in [2.05, 4.69) is 9.97 Å². The smallest absolute Gasteiger partial charge is 0.416 e. The SMILES string of the molecule is CC1(c2ccccc2)CCN(c2ccnc(-c3ccc(F)cc3)n2)C(=O)O1. The molecule has 1 aliphatic heterocycles. The van der Waals surface area contributed by atoms with Crippen LogP contribution in [0.5, 0.6) is 0 Å². The molecule has 2 aromatic carbocycles. The largest absolute Gasteiger partial charge is 0.438 e. The number of amides is 1. The van der Waals surface area contributed by atoms with Gasteiger partial charge < -0.3 is 4.74 Å². The third-order valence-corrected chi connectivity index (χ3v) is 4.75. The first-order valence-electron chi connectivity index (χ1n) is 8.70. The van der Waals surface area contributed by atoms with Crippen LogP contribution >= 0.6 is 0 Å². The third-order valence-electron chi connectivity index (χ3n) is 4.75. The molecule has 2 heterocycles. The van der Waals surface area contributed by atoms with Gasteiger partial charge in [0.05, 0.1) is 0 Å². The van der Waals surface area contributed by atoms with Crippen molar-refractivity contribution in [2.45, 2.75) is 18.9 Å². The Morgan fingerprint density at radius 3 is 2.52 bits per heavy atom. The van der Waals surface area contributed by atoms with Crippen molar-refractivity contribution in [2.75, 3.05) is 11.4 Å². The highest BCUT2D eigenvalue weighted by molar-refractivity contribution is 5.87. The molecule has 1 fully saturated rings. The summed E-state index contributed by atoms with van der Waals surface area (Å²) in [4.78, 5) is 22.9. The number of rotatable bonds is 3. The number of carbonyl (C=O) groups excluding carboxylic acids is 1. The van der Waals surface area contributed by atoms with E-state index in [-0.39, 0.29) is 5.82 Å². The Bertz CT molecular complexity index is 963. The molecule has 0 saturated carbocycles. The Morgan fingerprint density at radius 2 is 1.81 bits per heavy atom. The van der Waals surface area contributed by atoms with Gasteiger partial charge in [0.25, 0.3) is 0 Å². The molecule has 5 nitrogen and oxygen atoms in total. The number of halogens is 1. The summed E-state index contributed by atoms with van der Waals surface area (Å²) in [5.41, 5.74) is 0.979. The quantitative estimate of drug-likeness (QED) is 0.685. The lowest BCUT2D eigenvalue weighted by molar-refractivity contribution is 0.00565. The molecule has 1 aliphatic rings. The van der Waals surface area contributed by atoms with Crippen molar-refractivity contribution < 1.29 is 13.9 Å². The van der Waals surface area contributed by atoms with Crippen LogP contribution in [0.3, 0.4) is 0 Å². The maximum Gasteiger partial charge on any atom is 0.416 e. The molecule has 1 saturated heterocycles. The van der Waals surface area contributed by atoms with Gasteiger partial charge in [0, 0.05) is 24.7 Å². The van der Waals surface area contributed by atoms with E-state index in [0.717, 1.165) is 5.56 Å². The van der Waals surface area contributed by atoms with Crippen molar-refractivity contribution >= 4 is 11.9 Å². The molecule has 1 amide bonds. The first-order valence-corrected chi connectivity index (χ1v) is 8.70. The highest BCUT2D eigenvalue weighted by Gasteiger charge is 2.39. The van der Waals surface area contributed by atoms with E-state index in [1.54, 1.807) is 24.4 Å². The monoisotopic (exact) mass is 363 g/mol. The number of cyclic esters (lactones) is 1. The molecule has 0 radical (unpaired) electrons. The number of anilines is 1. The van der Waals surface area contributed by atoms with Crippen molar-refractivity contribution in [3.63, 3.8) is 0 Å². The second-order valence-corrected chi connectivity index (χ2v) is 6.61. The highest BCUT2D eigenvalue weighted by Crippen LogP contribution is 2.35. The summed E-state index contributed by atoms with van der Waals surface area (Å²) in [6.45, 7) is 2.39. The summed E-state index contributed by atoms with van der Waals surface area (Å²) >= 11 is 0. The fraction of sp³-hybridized carbons (Fsp3) is 0.190. The Balaban J connectivity index is 1.58. The number of nitrogens with zero attached hydrogens (tertiary/aromatic N) is 3. The molecule has 1 atom stereocenters. The van der Waals surface area contributed by atoms with Gasteiger partial charge in [-0.15, -0.1) is 0 Å². The highest BCUT2D eigenvalue weighted by atomic mass is 19.1. The van der Waals surface area contributed by atoms with Crippen LogP contribution in [-0.2, 0) is 10.3 Å². The van der Waals surface area contributed by atoms with E-state index in [4.69, 9.17) is 4.74 Å². The number of benzene rings is 2. The number of aromatic nitrogens is 2. The van der Waals surface area contributed by atoms with E-state index in [9.17, 15) is 9.18 Å². The lowest BCUT2D eigenvalue weighted by Gasteiger charge is -2.38. The van der Waals surface area contributed by atoms with Gasteiger partial charge in [0.1, 0.15) is 17.2 Å². The van der Waals surface area contributed by atoms with Gasteiger partial charge in [-0.05, 0) is 42.8 Å². The molecule has 1 unspecified atom stereocenters. The molecule has 0 N–H and O–H groups in total. The Labute approximate surface area is 156 Å². The predicted octanol–water partition coefficient (Wildman–Crippen LogP) is 4.54. The Hall–Kier alpha value is -3.28. The van der Waals surface area contributed by atoms with Crippen LogP contribution < -0.4 is 4.90 Å². The Morgan fingerprint density at radius 1 is 1.07 bits per heavy atom. The van der Waals surface area contributed by atoms with Crippen LogP contribution in [0, 0.1) is 5.82 Å². The van der Waals surface area contributed by atoms with E-state index in [1.807, 2.05) is 37.3 Å². The van der Waals surface area contributed by atoms with Crippen molar-refractivity contribution in [3.05, 3.63) is 78.2 Å². The van der Waals surface area contributed by atoms with Crippen LogP contribution in [0.2, 0.25) is 0 Å². The Kier molecular flexibility index (Phi) is 4.32. The second kappa shape index (κ2) is 6.79. The number of carbonyl (C=O) groups is 1. The molecule has 1 aromatic heterocycles.